The highest BCUT2D eigenvalue weighted by Crippen LogP contribution is 2.28. The van der Waals surface area contributed by atoms with E-state index in [0.717, 1.165) is 24.9 Å². The maximum atomic E-state index is 13.2. The Hall–Kier alpha value is -1.88. The van der Waals surface area contributed by atoms with Crippen LogP contribution in [0.1, 0.15) is 67.9 Å². The number of amides is 2. The second-order valence-corrected chi connectivity index (χ2v) is 7.35. The lowest BCUT2D eigenvalue weighted by Gasteiger charge is -2.37. The molecule has 3 rings (SSSR count). The van der Waals surface area contributed by atoms with Gasteiger partial charge in [-0.1, -0.05) is 44.4 Å². The molecular formula is C21H31N3O2. The van der Waals surface area contributed by atoms with E-state index in [9.17, 15) is 9.59 Å². The van der Waals surface area contributed by atoms with Crippen molar-refractivity contribution >= 4 is 11.8 Å². The molecule has 2 aliphatic rings. The number of likely N-dealkylation sites (N-methyl/N-ethyl adjacent to an activating group) is 2. The van der Waals surface area contributed by atoms with E-state index in [-0.39, 0.29) is 23.9 Å². The second kappa shape index (κ2) is 8.67. The first-order valence-electron chi connectivity index (χ1n) is 10.1. The smallest absolute Gasteiger partial charge is 0.254 e. The molecule has 1 N–H and O–H groups in total. The molecule has 5 heteroatoms. The van der Waals surface area contributed by atoms with Crippen molar-refractivity contribution in [2.24, 2.45) is 0 Å². The van der Waals surface area contributed by atoms with Crippen LogP contribution in [0, 0.1) is 0 Å². The van der Waals surface area contributed by atoms with Crippen molar-refractivity contribution < 1.29 is 9.59 Å². The summed E-state index contributed by atoms with van der Waals surface area (Å²) < 4.78 is 0. The van der Waals surface area contributed by atoms with Gasteiger partial charge in [0.2, 0.25) is 5.91 Å². The number of nitrogens with one attached hydrogen (secondary N) is 1. The molecule has 1 unspecified atom stereocenters. The summed E-state index contributed by atoms with van der Waals surface area (Å²) in [5, 5.41) is 3.28. The summed E-state index contributed by atoms with van der Waals surface area (Å²) in [6, 6.07) is 7.51. The Bertz CT molecular complexity index is 640. The fourth-order valence-corrected chi connectivity index (χ4v) is 4.25. The number of fused-ring (bicyclic) bond motifs is 1. The maximum Gasteiger partial charge on any atom is 0.254 e. The van der Waals surface area contributed by atoms with Gasteiger partial charge < -0.3 is 10.2 Å². The van der Waals surface area contributed by atoms with Crippen LogP contribution < -0.4 is 5.32 Å². The van der Waals surface area contributed by atoms with E-state index in [4.69, 9.17) is 0 Å². The summed E-state index contributed by atoms with van der Waals surface area (Å²) in [5.41, 5.74) is 1.50. The van der Waals surface area contributed by atoms with Crippen molar-refractivity contribution in [1.82, 2.24) is 15.1 Å². The standard InChI is InChI=1S/C21H31N3O2/c1-3-23-14-15-24(4-2)21(26)18-13-9-8-12-17(18)19(23)20(25)22-16-10-6-5-7-11-16/h8-9,12-13,16,19H,3-7,10-11,14-15H2,1-2H3,(H,22,25). The quantitative estimate of drug-likeness (QED) is 0.901. The van der Waals surface area contributed by atoms with Crippen LogP contribution in [0.2, 0.25) is 0 Å². The van der Waals surface area contributed by atoms with Crippen LogP contribution in [0.4, 0.5) is 0 Å². The van der Waals surface area contributed by atoms with Gasteiger partial charge in [0.05, 0.1) is 0 Å². The van der Waals surface area contributed by atoms with E-state index in [1.165, 1.54) is 19.3 Å². The van der Waals surface area contributed by atoms with Crippen molar-refractivity contribution in [2.45, 2.75) is 58.0 Å². The minimum atomic E-state index is -0.388. The van der Waals surface area contributed by atoms with Gasteiger partial charge in [-0.2, -0.15) is 0 Å². The van der Waals surface area contributed by atoms with Crippen LogP contribution in [-0.2, 0) is 4.79 Å². The Labute approximate surface area is 156 Å². The minimum Gasteiger partial charge on any atom is -0.352 e. The predicted octanol–water partition coefficient (Wildman–Crippen LogP) is 2.97. The van der Waals surface area contributed by atoms with Crippen molar-refractivity contribution in [3.63, 3.8) is 0 Å². The fraction of sp³-hybridized carbons (Fsp3) is 0.619. The van der Waals surface area contributed by atoms with Gasteiger partial charge in [0.1, 0.15) is 6.04 Å². The number of benzene rings is 1. The number of hydrogen-bond donors (Lipinski definition) is 1. The number of carbonyl (C=O) groups excluding carboxylic acids is 2. The van der Waals surface area contributed by atoms with Gasteiger partial charge >= 0.3 is 0 Å². The molecule has 1 aromatic carbocycles. The zero-order valence-electron chi connectivity index (χ0n) is 16.0. The third kappa shape index (κ3) is 3.93. The van der Waals surface area contributed by atoms with Gasteiger partial charge in [-0.05, 0) is 37.9 Å². The maximum absolute atomic E-state index is 13.2. The molecule has 5 nitrogen and oxygen atoms in total. The fourth-order valence-electron chi connectivity index (χ4n) is 4.25. The molecule has 26 heavy (non-hydrogen) atoms. The Morgan fingerprint density at radius 2 is 1.81 bits per heavy atom. The van der Waals surface area contributed by atoms with Crippen LogP contribution >= 0.6 is 0 Å². The summed E-state index contributed by atoms with van der Waals surface area (Å²) in [7, 11) is 0. The minimum absolute atomic E-state index is 0.0364. The Morgan fingerprint density at radius 3 is 2.50 bits per heavy atom. The van der Waals surface area contributed by atoms with Gasteiger partial charge in [-0.25, -0.2) is 0 Å². The highest BCUT2D eigenvalue weighted by Gasteiger charge is 2.34. The molecule has 1 atom stereocenters. The molecule has 142 valence electrons. The largest absolute Gasteiger partial charge is 0.352 e. The third-order valence-electron chi connectivity index (χ3n) is 5.78. The SMILES string of the molecule is CCN1CCN(CC)C(C(=O)NC2CCCCC2)c2ccccc2C1=O. The average molecular weight is 357 g/mol. The zero-order chi connectivity index (χ0) is 18.5. The van der Waals surface area contributed by atoms with Crippen LogP contribution in [0.25, 0.3) is 0 Å². The van der Waals surface area contributed by atoms with Crippen molar-refractivity contribution in [1.29, 1.82) is 0 Å². The Balaban J connectivity index is 1.93. The summed E-state index contributed by atoms with van der Waals surface area (Å²) in [5.74, 6) is 0.0817. The Morgan fingerprint density at radius 1 is 1.08 bits per heavy atom. The summed E-state index contributed by atoms with van der Waals surface area (Å²) in [6.45, 7) is 6.93. The molecule has 1 heterocycles. The molecule has 0 spiro atoms. The lowest BCUT2D eigenvalue weighted by molar-refractivity contribution is -0.127. The van der Waals surface area contributed by atoms with E-state index in [1.807, 2.05) is 36.1 Å². The molecule has 0 bridgehead atoms. The molecule has 2 amide bonds. The third-order valence-corrected chi connectivity index (χ3v) is 5.78. The molecular weight excluding hydrogens is 326 g/mol. The number of hydrogen-bond acceptors (Lipinski definition) is 3. The predicted molar refractivity (Wildman–Crippen MR) is 103 cm³/mol. The highest BCUT2D eigenvalue weighted by atomic mass is 16.2. The van der Waals surface area contributed by atoms with Crippen LogP contribution in [0.3, 0.4) is 0 Å². The first-order valence-corrected chi connectivity index (χ1v) is 10.1. The summed E-state index contributed by atoms with van der Waals surface area (Å²) in [6.07, 6.45) is 5.77. The topological polar surface area (TPSA) is 52.6 Å². The lowest BCUT2D eigenvalue weighted by atomic mass is 9.93. The van der Waals surface area contributed by atoms with E-state index in [0.29, 0.717) is 25.2 Å². The van der Waals surface area contributed by atoms with Crippen LogP contribution in [0.5, 0.6) is 0 Å². The summed E-state index contributed by atoms with van der Waals surface area (Å²) >= 11 is 0. The zero-order valence-corrected chi connectivity index (χ0v) is 16.0. The van der Waals surface area contributed by atoms with E-state index < -0.39 is 0 Å². The number of carbonyl (C=O) groups is 2. The first kappa shape index (κ1) is 18.9. The molecule has 1 saturated carbocycles. The van der Waals surface area contributed by atoms with Gasteiger partial charge in [0.25, 0.3) is 5.91 Å². The Kier molecular flexibility index (Phi) is 6.30. The lowest BCUT2D eigenvalue weighted by Crippen LogP contribution is -2.49. The molecule has 1 aliphatic heterocycles. The summed E-state index contributed by atoms with van der Waals surface area (Å²) in [4.78, 5) is 30.3. The van der Waals surface area contributed by atoms with Crippen LogP contribution in [-0.4, -0.2) is 53.8 Å². The van der Waals surface area contributed by atoms with Gasteiger partial charge in [-0.3, -0.25) is 14.5 Å². The van der Waals surface area contributed by atoms with Gasteiger partial charge in [-0.15, -0.1) is 0 Å². The number of rotatable bonds is 4. The number of nitrogens with zero attached hydrogens (tertiary/aromatic N) is 2. The molecule has 0 saturated heterocycles. The molecule has 0 aromatic heterocycles. The molecule has 1 aliphatic carbocycles. The van der Waals surface area contributed by atoms with E-state index in [2.05, 4.69) is 17.1 Å². The highest BCUT2D eigenvalue weighted by molar-refractivity contribution is 5.98. The molecule has 0 radical (unpaired) electrons. The van der Waals surface area contributed by atoms with Gasteiger partial charge in [0, 0.05) is 31.2 Å². The van der Waals surface area contributed by atoms with Gasteiger partial charge in [0.15, 0.2) is 0 Å². The molecule has 1 aromatic rings. The van der Waals surface area contributed by atoms with E-state index in [1.54, 1.807) is 0 Å². The van der Waals surface area contributed by atoms with Crippen molar-refractivity contribution in [2.75, 3.05) is 26.2 Å². The first-order chi connectivity index (χ1) is 12.7. The van der Waals surface area contributed by atoms with E-state index >= 15 is 0 Å². The normalized spacial score (nSPS) is 22.5. The average Bonchev–Trinajstić information content (AvgIpc) is 2.67. The van der Waals surface area contributed by atoms with Crippen molar-refractivity contribution in [3.05, 3.63) is 35.4 Å². The molecule has 1 fully saturated rings. The monoisotopic (exact) mass is 357 g/mol. The van der Waals surface area contributed by atoms with Crippen LogP contribution in [0.15, 0.2) is 24.3 Å². The second-order valence-electron chi connectivity index (χ2n) is 7.35. The van der Waals surface area contributed by atoms with Crippen molar-refractivity contribution in [3.8, 4) is 0 Å².